The van der Waals surface area contributed by atoms with E-state index in [1.165, 1.54) is 37.9 Å². The standard InChI is InChI=1S/C15H22N2O/c18-13-16-15(11-14-7-3-1-4-8-14)12-17-9-5-2-6-10-17/h1,3-4,7-8,13,15H,2,5-6,9-12H2,(H,16,18)/t15-/m0/s1. The molecule has 1 aromatic carbocycles. The highest BCUT2D eigenvalue weighted by Crippen LogP contribution is 2.11. The van der Waals surface area contributed by atoms with Gasteiger partial charge in [-0.25, -0.2) is 0 Å². The number of nitrogens with zero attached hydrogens (tertiary/aromatic N) is 1. The van der Waals surface area contributed by atoms with E-state index in [-0.39, 0.29) is 6.04 Å². The van der Waals surface area contributed by atoms with Crippen molar-refractivity contribution in [3.05, 3.63) is 35.9 Å². The van der Waals surface area contributed by atoms with Gasteiger partial charge in [-0.2, -0.15) is 0 Å². The van der Waals surface area contributed by atoms with Gasteiger partial charge in [0.1, 0.15) is 0 Å². The Kier molecular flexibility index (Phi) is 5.21. The summed E-state index contributed by atoms with van der Waals surface area (Å²) in [4.78, 5) is 13.2. The van der Waals surface area contributed by atoms with E-state index in [0.717, 1.165) is 19.4 Å². The first kappa shape index (κ1) is 13.1. The van der Waals surface area contributed by atoms with Gasteiger partial charge in [-0.3, -0.25) is 4.79 Å². The van der Waals surface area contributed by atoms with E-state index < -0.39 is 0 Å². The lowest BCUT2D eigenvalue weighted by atomic mass is 10.0. The molecular formula is C15H22N2O. The Morgan fingerprint density at radius 1 is 1.17 bits per heavy atom. The third kappa shape index (κ3) is 4.15. The van der Waals surface area contributed by atoms with Gasteiger partial charge < -0.3 is 10.2 Å². The summed E-state index contributed by atoms with van der Waals surface area (Å²) in [5.41, 5.74) is 1.29. The minimum atomic E-state index is 0.225. The zero-order valence-corrected chi connectivity index (χ0v) is 10.8. The van der Waals surface area contributed by atoms with Crippen molar-refractivity contribution in [2.45, 2.75) is 31.7 Å². The summed E-state index contributed by atoms with van der Waals surface area (Å²) >= 11 is 0. The first-order valence-electron chi connectivity index (χ1n) is 6.84. The molecule has 1 aromatic rings. The van der Waals surface area contributed by atoms with Crippen LogP contribution in [0.25, 0.3) is 0 Å². The summed E-state index contributed by atoms with van der Waals surface area (Å²) in [5, 5.41) is 2.96. The third-order valence-corrected chi connectivity index (χ3v) is 3.56. The number of amides is 1. The van der Waals surface area contributed by atoms with Gasteiger partial charge in [0.2, 0.25) is 6.41 Å². The summed E-state index contributed by atoms with van der Waals surface area (Å²) < 4.78 is 0. The van der Waals surface area contributed by atoms with Crippen molar-refractivity contribution in [1.82, 2.24) is 10.2 Å². The van der Waals surface area contributed by atoms with Crippen molar-refractivity contribution in [2.24, 2.45) is 0 Å². The average Bonchev–Trinajstić information content (AvgIpc) is 2.41. The van der Waals surface area contributed by atoms with Crippen LogP contribution >= 0.6 is 0 Å². The highest BCUT2D eigenvalue weighted by atomic mass is 16.1. The molecule has 1 N–H and O–H groups in total. The molecule has 18 heavy (non-hydrogen) atoms. The number of nitrogens with one attached hydrogen (secondary N) is 1. The van der Waals surface area contributed by atoms with Crippen LogP contribution in [0.2, 0.25) is 0 Å². The lowest BCUT2D eigenvalue weighted by molar-refractivity contribution is -0.110. The SMILES string of the molecule is O=CN[C@@H](Cc1ccccc1)CN1CCCCC1. The van der Waals surface area contributed by atoms with Crippen LogP contribution < -0.4 is 5.32 Å². The van der Waals surface area contributed by atoms with Gasteiger partial charge in [-0.1, -0.05) is 36.8 Å². The summed E-state index contributed by atoms with van der Waals surface area (Å²) in [7, 11) is 0. The molecule has 0 aromatic heterocycles. The maximum atomic E-state index is 10.7. The molecule has 0 spiro atoms. The second-order valence-electron chi connectivity index (χ2n) is 5.03. The van der Waals surface area contributed by atoms with Gasteiger partial charge >= 0.3 is 0 Å². The number of carbonyl (C=O) groups excluding carboxylic acids is 1. The Morgan fingerprint density at radius 3 is 2.56 bits per heavy atom. The Morgan fingerprint density at radius 2 is 1.89 bits per heavy atom. The summed E-state index contributed by atoms with van der Waals surface area (Å²) in [6.07, 6.45) is 5.67. The zero-order valence-electron chi connectivity index (χ0n) is 10.8. The number of likely N-dealkylation sites (tertiary alicyclic amines) is 1. The van der Waals surface area contributed by atoms with Crippen molar-refractivity contribution >= 4 is 6.41 Å². The molecule has 0 aliphatic carbocycles. The van der Waals surface area contributed by atoms with E-state index in [9.17, 15) is 4.79 Å². The van der Waals surface area contributed by atoms with Crippen molar-refractivity contribution in [3.8, 4) is 0 Å². The Bertz CT molecular complexity index is 347. The fourth-order valence-electron chi connectivity index (χ4n) is 2.62. The van der Waals surface area contributed by atoms with Crippen LogP contribution in [0, 0.1) is 0 Å². The maximum Gasteiger partial charge on any atom is 0.207 e. The number of rotatable bonds is 6. The van der Waals surface area contributed by atoms with Crippen LogP contribution in [-0.4, -0.2) is 37.0 Å². The maximum absolute atomic E-state index is 10.7. The second kappa shape index (κ2) is 7.17. The van der Waals surface area contributed by atoms with E-state index in [0.29, 0.717) is 0 Å². The van der Waals surface area contributed by atoms with Crippen LogP contribution in [0.15, 0.2) is 30.3 Å². The molecule has 0 radical (unpaired) electrons. The van der Waals surface area contributed by atoms with Gasteiger partial charge in [0.05, 0.1) is 0 Å². The van der Waals surface area contributed by atoms with Crippen LogP contribution in [0.4, 0.5) is 0 Å². The average molecular weight is 246 g/mol. The van der Waals surface area contributed by atoms with Crippen LogP contribution in [-0.2, 0) is 11.2 Å². The van der Waals surface area contributed by atoms with E-state index in [1.807, 2.05) is 18.2 Å². The number of carbonyl (C=O) groups is 1. The Labute approximate surface area is 109 Å². The number of hydrogen-bond acceptors (Lipinski definition) is 2. The molecule has 1 saturated heterocycles. The third-order valence-electron chi connectivity index (χ3n) is 3.56. The van der Waals surface area contributed by atoms with Gasteiger partial charge in [0, 0.05) is 12.6 Å². The molecule has 0 bridgehead atoms. The molecule has 1 aliphatic rings. The van der Waals surface area contributed by atoms with Gasteiger partial charge in [-0.15, -0.1) is 0 Å². The largest absolute Gasteiger partial charge is 0.354 e. The monoisotopic (exact) mass is 246 g/mol. The molecule has 3 heteroatoms. The molecule has 1 fully saturated rings. The van der Waals surface area contributed by atoms with Gasteiger partial charge in [0.15, 0.2) is 0 Å². The summed E-state index contributed by atoms with van der Waals surface area (Å²) in [6.45, 7) is 3.31. The number of hydrogen-bond donors (Lipinski definition) is 1. The first-order valence-corrected chi connectivity index (χ1v) is 6.84. The lowest BCUT2D eigenvalue weighted by Gasteiger charge is -2.30. The minimum Gasteiger partial charge on any atom is -0.354 e. The molecule has 3 nitrogen and oxygen atoms in total. The summed E-state index contributed by atoms with van der Waals surface area (Å²) in [6, 6.07) is 10.6. The quantitative estimate of drug-likeness (QED) is 0.777. The van der Waals surface area contributed by atoms with Gasteiger partial charge in [-0.05, 0) is 37.9 Å². The van der Waals surface area contributed by atoms with Crippen molar-refractivity contribution < 1.29 is 4.79 Å². The van der Waals surface area contributed by atoms with E-state index in [2.05, 4.69) is 22.3 Å². The Hall–Kier alpha value is -1.35. The van der Waals surface area contributed by atoms with Crippen LogP contribution in [0.5, 0.6) is 0 Å². The van der Waals surface area contributed by atoms with Crippen molar-refractivity contribution in [1.29, 1.82) is 0 Å². The highest BCUT2D eigenvalue weighted by Gasteiger charge is 2.16. The topological polar surface area (TPSA) is 32.3 Å². The zero-order chi connectivity index (χ0) is 12.6. The molecule has 0 saturated carbocycles. The molecule has 1 amide bonds. The fraction of sp³-hybridized carbons (Fsp3) is 0.533. The van der Waals surface area contributed by atoms with E-state index in [4.69, 9.17) is 0 Å². The normalized spacial score (nSPS) is 18.2. The number of benzene rings is 1. The van der Waals surface area contributed by atoms with E-state index >= 15 is 0 Å². The first-order chi connectivity index (χ1) is 8.88. The lowest BCUT2D eigenvalue weighted by Crippen LogP contribution is -2.43. The molecule has 1 heterocycles. The molecule has 1 aliphatic heterocycles. The Balaban J connectivity index is 1.88. The molecule has 1 atom stereocenters. The predicted octanol–water partition coefficient (Wildman–Crippen LogP) is 1.83. The smallest absolute Gasteiger partial charge is 0.207 e. The summed E-state index contributed by atoms with van der Waals surface area (Å²) in [5.74, 6) is 0. The van der Waals surface area contributed by atoms with E-state index in [1.54, 1.807) is 0 Å². The molecule has 98 valence electrons. The molecule has 0 unspecified atom stereocenters. The predicted molar refractivity (Wildman–Crippen MR) is 73.4 cm³/mol. The minimum absolute atomic E-state index is 0.225. The second-order valence-corrected chi connectivity index (χ2v) is 5.03. The number of piperidine rings is 1. The van der Waals surface area contributed by atoms with Crippen LogP contribution in [0.1, 0.15) is 24.8 Å². The molecular weight excluding hydrogens is 224 g/mol. The molecule has 2 rings (SSSR count). The van der Waals surface area contributed by atoms with Crippen molar-refractivity contribution in [2.75, 3.05) is 19.6 Å². The van der Waals surface area contributed by atoms with Crippen LogP contribution in [0.3, 0.4) is 0 Å². The fourth-order valence-corrected chi connectivity index (χ4v) is 2.62. The highest BCUT2D eigenvalue weighted by molar-refractivity contribution is 5.46. The van der Waals surface area contributed by atoms with Crippen molar-refractivity contribution in [3.63, 3.8) is 0 Å². The van der Waals surface area contributed by atoms with Gasteiger partial charge in [0.25, 0.3) is 0 Å².